The monoisotopic (exact) mass is 360 g/mol. The number of hydrogen-bond acceptors (Lipinski definition) is 0. The van der Waals surface area contributed by atoms with Crippen molar-refractivity contribution in [2.24, 2.45) is 5.92 Å². The normalized spacial score (nSPS) is 25.7. The molecule has 1 atom stereocenters. The van der Waals surface area contributed by atoms with Crippen molar-refractivity contribution in [3.63, 3.8) is 0 Å². The lowest BCUT2D eigenvalue weighted by atomic mass is 9.99. The third kappa shape index (κ3) is 1.96. The van der Waals surface area contributed by atoms with Gasteiger partial charge in [0.2, 0.25) is 0 Å². The van der Waals surface area contributed by atoms with Gasteiger partial charge in [-0.15, -0.1) is 0 Å². The van der Waals surface area contributed by atoms with Gasteiger partial charge in [-0.3, -0.25) is 0 Å². The molecule has 0 heterocycles. The van der Waals surface area contributed by atoms with Crippen LogP contribution in [0, 0.1) is 5.92 Å². The van der Waals surface area contributed by atoms with Crippen molar-refractivity contribution in [1.82, 2.24) is 0 Å². The molecule has 0 aliphatic heterocycles. The molecule has 0 aromatic rings. The molecule has 0 N–H and O–H groups in total. The van der Waals surface area contributed by atoms with Crippen LogP contribution in [0.1, 0.15) is 13.3 Å². The fourth-order valence-corrected chi connectivity index (χ4v) is 3.04. The van der Waals surface area contributed by atoms with Gasteiger partial charge in [-0.25, -0.2) is 0 Å². The van der Waals surface area contributed by atoms with Crippen molar-refractivity contribution >= 4 is 45.2 Å². The molecular weight excluding hydrogens is 350 g/mol. The van der Waals surface area contributed by atoms with Crippen LogP contribution < -0.4 is 0 Å². The van der Waals surface area contributed by atoms with E-state index in [0.717, 1.165) is 10.3 Å². The van der Waals surface area contributed by atoms with Crippen molar-refractivity contribution in [3.05, 3.63) is 21.3 Å². The quantitative estimate of drug-likeness (QED) is 0.494. The Kier molecular flexibility index (Phi) is 3.69. The molecule has 0 bridgehead atoms. The SMILES string of the molecule is CC1CC=CC(CI)=C1I. The maximum atomic E-state index is 2.47. The van der Waals surface area contributed by atoms with Gasteiger partial charge in [0.05, 0.1) is 0 Å². The summed E-state index contributed by atoms with van der Waals surface area (Å²) in [6.45, 7) is 2.29. The average Bonchev–Trinajstić information content (AvgIpc) is 1.95. The number of hydrogen-bond donors (Lipinski definition) is 0. The first-order valence-electron chi connectivity index (χ1n) is 3.36. The summed E-state index contributed by atoms with van der Waals surface area (Å²) in [5, 5.41) is 0. The van der Waals surface area contributed by atoms with Gasteiger partial charge in [0.15, 0.2) is 0 Å². The molecule has 1 unspecified atom stereocenters. The highest BCUT2D eigenvalue weighted by Crippen LogP contribution is 2.30. The lowest BCUT2D eigenvalue weighted by molar-refractivity contribution is 0.724. The fourth-order valence-electron chi connectivity index (χ4n) is 1.02. The van der Waals surface area contributed by atoms with Crippen LogP contribution >= 0.6 is 45.2 Å². The average molecular weight is 360 g/mol. The summed E-state index contributed by atoms with van der Waals surface area (Å²) in [6, 6.07) is 0. The van der Waals surface area contributed by atoms with Crippen LogP contribution in [0.5, 0.6) is 0 Å². The van der Waals surface area contributed by atoms with Crippen molar-refractivity contribution in [2.45, 2.75) is 13.3 Å². The van der Waals surface area contributed by atoms with Gasteiger partial charge < -0.3 is 0 Å². The van der Waals surface area contributed by atoms with E-state index in [2.05, 4.69) is 64.3 Å². The molecule has 10 heavy (non-hydrogen) atoms. The lowest BCUT2D eigenvalue weighted by Gasteiger charge is -2.15. The Morgan fingerprint density at radius 3 is 2.90 bits per heavy atom. The number of alkyl halides is 1. The zero-order valence-electron chi connectivity index (χ0n) is 5.90. The van der Waals surface area contributed by atoms with Gasteiger partial charge in [0, 0.05) is 4.43 Å². The van der Waals surface area contributed by atoms with Gasteiger partial charge in [-0.2, -0.15) is 0 Å². The standard InChI is InChI=1S/C8H10I2/c1-6-3-2-4-7(5-9)8(6)10/h2,4,6H,3,5H2,1H3. The van der Waals surface area contributed by atoms with Crippen molar-refractivity contribution in [2.75, 3.05) is 4.43 Å². The molecule has 0 amide bonds. The third-order valence-corrected chi connectivity index (χ3v) is 4.27. The minimum Gasteiger partial charge on any atom is -0.0836 e. The van der Waals surface area contributed by atoms with Gasteiger partial charge in [-0.1, -0.05) is 41.7 Å². The maximum Gasteiger partial charge on any atom is 0.0254 e. The molecule has 0 aromatic carbocycles. The first kappa shape index (κ1) is 9.03. The Labute approximate surface area is 89.4 Å². The highest BCUT2D eigenvalue weighted by atomic mass is 127. The Hall–Kier alpha value is 0.940. The van der Waals surface area contributed by atoms with E-state index in [9.17, 15) is 0 Å². The maximum absolute atomic E-state index is 2.47. The van der Waals surface area contributed by atoms with Crippen LogP contribution in [0.4, 0.5) is 0 Å². The van der Waals surface area contributed by atoms with Crippen LogP contribution in [-0.4, -0.2) is 4.43 Å². The lowest BCUT2D eigenvalue weighted by Crippen LogP contribution is -2.00. The predicted octanol–water partition coefficient (Wildman–Crippen LogP) is 3.71. The molecule has 1 aliphatic carbocycles. The second-order valence-corrected chi connectivity index (χ2v) is 4.47. The molecule has 0 saturated carbocycles. The molecular formula is C8H10I2. The van der Waals surface area contributed by atoms with E-state index in [1.54, 1.807) is 3.58 Å². The van der Waals surface area contributed by atoms with Crippen LogP contribution in [0.25, 0.3) is 0 Å². The van der Waals surface area contributed by atoms with E-state index in [1.165, 1.54) is 12.0 Å². The molecule has 1 aliphatic rings. The minimum absolute atomic E-state index is 0.760. The zero-order valence-corrected chi connectivity index (χ0v) is 10.2. The largest absolute Gasteiger partial charge is 0.0836 e. The highest BCUT2D eigenvalue weighted by molar-refractivity contribution is 14.1. The summed E-state index contributed by atoms with van der Waals surface area (Å²) in [5.74, 6) is 0.760. The van der Waals surface area contributed by atoms with Crippen molar-refractivity contribution in [1.29, 1.82) is 0 Å². The van der Waals surface area contributed by atoms with Gasteiger partial charge in [0.1, 0.15) is 0 Å². The second-order valence-electron chi connectivity index (χ2n) is 2.55. The van der Waals surface area contributed by atoms with E-state index < -0.39 is 0 Å². The van der Waals surface area contributed by atoms with Crippen LogP contribution in [0.3, 0.4) is 0 Å². The van der Waals surface area contributed by atoms with Crippen molar-refractivity contribution < 1.29 is 0 Å². The molecule has 0 aromatic heterocycles. The molecule has 0 spiro atoms. The molecule has 1 rings (SSSR count). The Morgan fingerprint density at radius 1 is 1.70 bits per heavy atom. The number of rotatable bonds is 1. The van der Waals surface area contributed by atoms with E-state index >= 15 is 0 Å². The Morgan fingerprint density at radius 2 is 2.40 bits per heavy atom. The molecule has 0 saturated heterocycles. The molecule has 2 heteroatoms. The topological polar surface area (TPSA) is 0 Å². The van der Waals surface area contributed by atoms with Crippen LogP contribution in [0.2, 0.25) is 0 Å². The van der Waals surface area contributed by atoms with E-state index in [-0.39, 0.29) is 0 Å². The Bertz CT molecular complexity index is 180. The summed E-state index contributed by atoms with van der Waals surface area (Å²) in [4.78, 5) is 0. The minimum atomic E-state index is 0.760. The highest BCUT2D eigenvalue weighted by Gasteiger charge is 2.11. The van der Waals surface area contributed by atoms with Crippen LogP contribution in [-0.2, 0) is 0 Å². The molecule has 0 fully saturated rings. The van der Waals surface area contributed by atoms with E-state index in [4.69, 9.17) is 0 Å². The van der Waals surface area contributed by atoms with E-state index in [0.29, 0.717) is 0 Å². The smallest absolute Gasteiger partial charge is 0.0254 e. The summed E-state index contributed by atoms with van der Waals surface area (Å²) in [7, 11) is 0. The molecule has 0 radical (unpaired) electrons. The first-order chi connectivity index (χ1) is 4.75. The van der Waals surface area contributed by atoms with E-state index in [1.807, 2.05) is 0 Å². The van der Waals surface area contributed by atoms with Gasteiger partial charge in [0.25, 0.3) is 0 Å². The predicted molar refractivity (Wildman–Crippen MR) is 62.9 cm³/mol. The molecule has 56 valence electrons. The summed E-state index contributed by atoms with van der Waals surface area (Å²) in [6.07, 6.45) is 5.76. The Balaban J connectivity index is 2.82. The third-order valence-electron chi connectivity index (χ3n) is 1.69. The summed E-state index contributed by atoms with van der Waals surface area (Å²) < 4.78 is 2.70. The van der Waals surface area contributed by atoms with Crippen molar-refractivity contribution in [3.8, 4) is 0 Å². The number of halogens is 2. The summed E-state index contributed by atoms with van der Waals surface area (Å²) in [5.41, 5.74) is 1.51. The zero-order chi connectivity index (χ0) is 7.56. The fraction of sp³-hybridized carbons (Fsp3) is 0.500. The summed E-state index contributed by atoms with van der Waals surface area (Å²) >= 11 is 4.89. The second kappa shape index (κ2) is 4.09. The van der Waals surface area contributed by atoms with Gasteiger partial charge in [-0.05, 0) is 44.1 Å². The van der Waals surface area contributed by atoms with Gasteiger partial charge >= 0.3 is 0 Å². The number of allylic oxidation sites excluding steroid dienone is 4. The first-order valence-corrected chi connectivity index (χ1v) is 5.97. The molecule has 0 nitrogen and oxygen atoms in total. The van der Waals surface area contributed by atoms with Crippen LogP contribution in [0.15, 0.2) is 21.3 Å².